The van der Waals surface area contributed by atoms with Crippen LogP contribution < -0.4 is 5.32 Å². The molecule has 1 saturated heterocycles. The summed E-state index contributed by atoms with van der Waals surface area (Å²) in [6.45, 7) is 1.57. The number of methoxy groups -OCH3 is 1. The second-order valence-corrected chi connectivity index (χ2v) is 3.81. The first-order valence-corrected chi connectivity index (χ1v) is 5.16. The molecule has 0 spiro atoms. The molecule has 0 aromatic heterocycles. The molecule has 0 amide bonds. The fraction of sp³-hybridized carbons (Fsp3) is 0.417. The summed E-state index contributed by atoms with van der Waals surface area (Å²) in [5.41, 5.74) is 1.21. The first-order chi connectivity index (χ1) is 7.33. The average molecular weight is 207 g/mol. The largest absolute Gasteiger partial charge is 0.469 e. The van der Waals surface area contributed by atoms with Crippen LogP contribution in [0.5, 0.6) is 0 Å². The standard InChI is InChI=1S/C12H15NO2.H2/c1-15-12(14)11-8-13-7-10(11)9-5-3-2-4-6-9;/h2-6,10-11,13H,7-8H2,1H3;1H/t10-,11+;/m1./s1. The molecule has 0 aliphatic carbocycles. The Morgan fingerprint density at radius 3 is 2.80 bits per heavy atom. The molecule has 1 aliphatic heterocycles. The van der Waals surface area contributed by atoms with Gasteiger partial charge in [-0.2, -0.15) is 0 Å². The van der Waals surface area contributed by atoms with E-state index in [9.17, 15) is 4.79 Å². The van der Waals surface area contributed by atoms with Crippen LogP contribution >= 0.6 is 0 Å². The molecular weight excluding hydrogens is 190 g/mol. The van der Waals surface area contributed by atoms with Gasteiger partial charge in [-0.15, -0.1) is 0 Å². The second kappa shape index (κ2) is 4.45. The van der Waals surface area contributed by atoms with E-state index in [4.69, 9.17) is 4.74 Å². The summed E-state index contributed by atoms with van der Waals surface area (Å²) >= 11 is 0. The van der Waals surface area contributed by atoms with Gasteiger partial charge in [-0.3, -0.25) is 4.79 Å². The van der Waals surface area contributed by atoms with Gasteiger partial charge in [0.2, 0.25) is 0 Å². The van der Waals surface area contributed by atoms with E-state index in [1.165, 1.54) is 12.7 Å². The van der Waals surface area contributed by atoms with Gasteiger partial charge in [-0.05, 0) is 5.56 Å². The van der Waals surface area contributed by atoms with Crippen molar-refractivity contribution in [1.29, 1.82) is 0 Å². The molecule has 0 bridgehead atoms. The normalized spacial score (nSPS) is 25.1. The monoisotopic (exact) mass is 207 g/mol. The predicted octanol–water partition coefficient (Wildman–Crippen LogP) is 1.41. The number of carbonyl (C=O) groups is 1. The third-order valence-electron chi connectivity index (χ3n) is 2.95. The SMILES string of the molecule is COC(=O)[C@H]1CNC[C@@H]1c1ccccc1.[HH]. The van der Waals surface area contributed by atoms with Gasteiger partial charge in [0.25, 0.3) is 0 Å². The summed E-state index contributed by atoms with van der Waals surface area (Å²) in [5, 5.41) is 3.24. The first-order valence-electron chi connectivity index (χ1n) is 5.16. The van der Waals surface area contributed by atoms with Gasteiger partial charge in [-0.25, -0.2) is 0 Å². The zero-order chi connectivity index (χ0) is 10.7. The van der Waals surface area contributed by atoms with Crippen molar-refractivity contribution in [2.75, 3.05) is 20.2 Å². The molecule has 0 radical (unpaired) electrons. The Kier molecular flexibility index (Phi) is 3.02. The predicted molar refractivity (Wildman–Crippen MR) is 59.7 cm³/mol. The molecule has 2 atom stereocenters. The number of nitrogens with one attached hydrogen (secondary N) is 1. The lowest BCUT2D eigenvalue weighted by Crippen LogP contribution is -2.22. The van der Waals surface area contributed by atoms with Crippen LogP contribution in [0.4, 0.5) is 0 Å². The Balaban J connectivity index is 0.00000128. The maximum absolute atomic E-state index is 11.5. The number of hydrogen-bond acceptors (Lipinski definition) is 3. The zero-order valence-electron chi connectivity index (χ0n) is 8.77. The number of benzene rings is 1. The van der Waals surface area contributed by atoms with Crippen molar-refractivity contribution >= 4 is 5.97 Å². The van der Waals surface area contributed by atoms with Gasteiger partial charge in [0, 0.05) is 20.4 Å². The van der Waals surface area contributed by atoms with E-state index < -0.39 is 0 Å². The van der Waals surface area contributed by atoms with Crippen LogP contribution in [0.3, 0.4) is 0 Å². The van der Waals surface area contributed by atoms with E-state index in [1.807, 2.05) is 18.2 Å². The minimum Gasteiger partial charge on any atom is -0.469 e. The first kappa shape index (κ1) is 10.2. The molecule has 1 N–H and O–H groups in total. The topological polar surface area (TPSA) is 38.3 Å². The minimum atomic E-state index is -0.117. The van der Waals surface area contributed by atoms with Crippen LogP contribution in [0.15, 0.2) is 30.3 Å². The Hall–Kier alpha value is -1.35. The van der Waals surface area contributed by atoms with Crippen molar-refractivity contribution in [3.63, 3.8) is 0 Å². The smallest absolute Gasteiger partial charge is 0.310 e. The van der Waals surface area contributed by atoms with E-state index in [0.717, 1.165) is 6.54 Å². The quantitative estimate of drug-likeness (QED) is 0.745. The maximum Gasteiger partial charge on any atom is 0.310 e. The molecule has 1 heterocycles. The summed E-state index contributed by atoms with van der Waals surface area (Å²) in [5.74, 6) is 0.0879. The molecular formula is C12H17NO2. The summed E-state index contributed by atoms with van der Waals surface area (Å²) in [6.07, 6.45) is 0. The van der Waals surface area contributed by atoms with Crippen molar-refractivity contribution in [3.05, 3.63) is 35.9 Å². The summed E-state index contributed by atoms with van der Waals surface area (Å²) in [6, 6.07) is 10.1. The molecule has 1 aromatic carbocycles. The lowest BCUT2D eigenvalue weighted by molar-refractivity contribution is -0.145. The van der Waals surface area contributed by atoms with E-state index in [-0.39, 0.29) is 19.2 Å². The van der Waals surface area contributed by atoms with E-state index in [2.05, 4.69) is 17.4 Å². The summed E-state index contributed by atoms with van der Waals surface area (Å²) < 4.78 is 4.81. The lowest BCUT2D eigenvalue weighted by atomic mass is 9.89. The van der Waals surface area contributed by atoms with Gasteiger partial charge < -0.3 is 10.1 Å². The number of hydrogen-bond donors (Lipinski definition) is 1. The highest BCUT2D eigenvalue weighted by Crippen LogP contribution is 2.28. The van der Waals surface area contributed by atoms with Crippen molar-refractivity contribution in [2.24, 2.45) is 5.92 Å². The van der Waals surface area contributed by atoms with E-state index in [1.54, 1.807) is 0 Å². The fourth-order valence-electron chi connectivity index (χ4n) is 2.13. The highest BCUT2D eigenvalue weighted by atomic mass is 16.5. The van der Waals surface area contributed by atoms with Crippen LogP contribution in [0.2, 0.25) is 0 Å². The van der Waals surface area contributed by atoms with Gasteiger partial charge in [-0.1, -0.05) is 30.3 Å². The number of ether oxygens (including phenoxy) is 1. The van der Waals surface area contributed by atoms with Crippen LogP contribution in [-0.4, -0.2) is 26.2 Å². The molecule has 3 heteroatoms. The van der Waals surface area contributed by atoms with Crippen LogP contribution in [0, 0.1) is 5.92 Å². The molecule has 0 unspecified atom stereocenters. The van der Waals surface area contributed by atoms with E-state index in [0.29, 0.717) is 6.54 Å². The minimum absolute atomic E-state index is 0. The van der Waals surface area contributed by atoms with Gasteiger partial charge >= 0.3 is 5.97 Å². The lowest BCUT2D eigenvalue weighted by Gasteiger charge is -2.16. The van der Waals surface area contributed by atoms with Gasteiger partial charge in [0.1, 0.15) is 0 Å². The van der Waals surface area contributed by atoms with Crippen molar-refractivity contribution in [1.82, 2.24) is 5.32 Å². The summed E-state index contributed by atoms with van der Waals surface area (Å²) in [4.78, 5) is 11.5. The van der Waals surface area contributed by atoms with Crippen LogP contribution in [-0.2, 0) is 9.53 Å². The molecule has 3 nitrogen and oxygen atoms in total. The molecule has 1 aromatic rings. The molecule has 2 rings (SSSR count). The highest BCUT2D eigenvalue weighted by molar-refractivity contribution is 5.74. The average Bonchev–Trinajstić information content (AvgIpc) is 2.78. The van der Waals surface area contributed by atoms with Crippen molar-refractivity contribution in [3.8, 4) is 0 Å². The molecule has 0 saturated carbocycles. The van der Waals surface area contributed by atoms with Crippen LogP contribution in [0.1, 0.15) is 12.9 Å². The third kappa shape index (κ3) is 2.02. The Morgan fingerprint density at radius 2 is 2.13 bits per heavy atom. The van der Waals surface area contributed by atoms with Gasteiger partial charge in [0.05, 0.1) is 13.0 Å². The Bertz CT molecular complexity index is 342. The number of rotatable bonds is 2. The molecule has 1 aliphatic rings. The zero-order valence-corrected chi connectivity index (χ0v) is 8.77. The van der Waals surface area contributed by atoms with Gasteiger partial charge in [0.15, 0.2) is 0 Å². The Labute approximate surface area is 90.9 Å². The van der Waals surface area contributed by atoms with E-state index >= 15 is 0 Å². The van der Waals surface area contributed by atoms with Crippen molar-refractivity contribution in [2.45, 2.75) is 5.92 Å². The Morgan fingerprint density at radius 1 is 1.40 bits per heavy atom. The fourth-order valence-corrected chi connectivity index (χ4v) is 2.13. The van der Waals surface area contributed by atoms with Crippen molar-refractivity contribution < 1.29 is 11.0 Å². The second-order valence-electron chi connectivity index (χ2n) is 3.81. The third-order valence-corrected chi connectivity index (χ3v) is 2.95. The molecule has 82 valence electrons. The number of esters is 1. The highest BCUT2D eigenvalue weighted by Gasteiger charge is 2.34. The molecule has 1 fully saturated rings. The number of carbonyl (C=O) groups excluding carboxylic acids is 1. The summed E-state index contributed by atoms with van der Waals surface area (Å²) in [7, 11) is 1.45. The maximum atomic E-state index is 11.5. The van der Waals surface area contributed by atoms with Crippen LogP contribution in [0.25, 0.3) is 0 Å². The molecule has 15 heavy (non-hydrogen) atoms.